The van der Waals surface area contributed by atoms with Crippen molar-refractivity contribution in [2.75, 3.05) is 9.80 Å². The van der Waals surface area contributed by atoms with Gasteiger partial charge in [-0.25, -0.2) is 0 Å². The summed E-state index contributed by atoms with van der Waals surface area (Å²) >= 11 is 0. The molecule has 2 spiro atoms. The first-order chi connectivity index (χ1) is 61.1. The van der Waals surface area contributed by atoms with Gasteiger partial charge in [-0.15, -0.1) is 0 Å². The number of benzene rings is 17. The molecule has 0 saturated heterocycles. The molecule has 4 aliphatic carbocycles. The minimum atomic E-state index is -3.50. The molecule has 0 fully saturated rings. The highest BCUT2D eigenvalue weighted by Crippen LogP contribution is 2.68. The maximum Gasteiger partial charge on any atom is 0.252 e. The molecule has 0 radical (unpaired) electrons. The van der Waals surface area contributed by atoms with E-state index in [1.54, 1.807) is 4.57 Å². The normalized spacial score (nSPS) is 15.9. The van der Waals surface area contributed by atoms with E-state index in [0.717, 1.165) is 122 Å². The zero-order valence-corrected chi connectivity index (χ0v) is 67.0. The van der Waals surface area contributed by atoms with Crippen molar-refractivity contribution in [2.24, 2.45) is 0 Å². The Labute approximate surface area is 701 Å². The van der Waals surface area contributed by atoms with Gasteiger partial charge in [-0.3, -0.25) is 0 Å². The van der Waals surface area contributed by atoms with Crippen molar-refractivity contribution in [3.8, 4) is 72.8 Å². The number of nitrogens with zero attached hydrogens (tertiary/aromatic N) is 3. The molecule has 25 rings (SSSR count). The molecule has 18 aromatic rings. The van der Waals surface area contributed by atoms with Gasteiger partial charge in [0.05, 0.1) is 49.9 Å². The highest BCUT2D eigenvalue weighted by Gasteiger charge is 2.57. The van der Waals surface area contributed by atoms with Gasteiger partial charge >= 0.3 is 0 Å². The van der Waals surface area contributed by atoms with E-state index < -0.39 is 74.0 Å². The van der Waals surface area contributed by atoms with E-state index in [-0.39, 0.29) is 32.6 Å². The van der Waals surface area contributed by atoms with Crippen LogP contribution in [0.2, 0.25) is 0 Å². The molecule has 7 aliphatic rings. The summed E-state index contributed by atoms with van der Waals surface area (Å²) in [7, 11) is -3.50. The smallest absolute Gasteiger partial charge is 0.252 e. The molecule has 1 aromatic heterocycles. The van der Waals surface area contributed by atoms with Gasteiger partial charge < -0.3 is 19.1 Å². The number of aromatic nitrogens is 1. The lowest BCUT2D eigenvalue weighted by molar-refractivity contribution is 0.487. The number of anilines is 6. The Morgan fingerprint density at radius 2 is 0.737 bits per heavy atom. The molecule has 0 N–H and O–H groups in total. The maximum atomic E-state index is 10.4. The summed E-state index contributed by atoms with van der Waals surface area (Å²) < 4.78 is 88.7. The Morgan fingerprint density at radius 3 is 1.22 bits per heavy atom. The zero-order valence-electron chi connectivity index (χ0n) is 74.0. The Kier molecular flexibility index (Phi) is 12.3. The summed E-state index contributed by atoms with van der Waals surface area (Å²) in [6.45, 7) is 13.1. The molecule has 0 amide bonds. The monoisotopic (exact) mass is 1530 g/mol. The van der Waals surface area contributed by atoms with E-state index in [1.807, 2.05) is 0 Å². The molecule has 0 bridgehead atoms. The molecule has 0 saturated carbocycles. The summed E-state index contributed by atoms with van der Waals surface area (Å²) in [5.74, 6) is 1.48. The van der Waals surface area contributed by atoms with Crippen LogP contribution in [0, 0.1) is 0 Å². The fourth-order valence-electron chi connectivity index (χ4n) is 22.5. The molecule has 4 nitrogen and oxygen atoms in total. The predicted octanol–water partition coefficient (Wildman–Crippen LogP) is 23.3. The molecule has 0 atom stereocenters. The minimum Gasteiger partial charge on any atom is -0.457 e. The van der Waals surface area contributed by atoms with Gasteiger partial charge in [0.15, 0.2) is 8.07 Å². The van der Waals surface area contributed by atoms with E-state index in [4.69, 9.17) is 4.74 Å². The number of hydrogen-bond acceptors (Lipinski definition) is 3. The van der Waals surface area contributed by atoms with Gasteiger partial charge in [0.25, 0.3) is 6.71 Å². The van der Waals surface area contributed by atoms with Gasteiger partial charge in [0, 0.05) is 50.7 Å². The fraction of sp³-hybridized carbons (Fsp3) is 0.0893. The van der Waals surface area contributed by atoms with E-state index >= 15 is 0 Å². The maximum absolute atomic E-state index is 10.4. The third kappa shape index (κ3) is 8.74. The molecular formula is C112H80BN3OSi. The molecule has 0 unspecified atom stereocenters. The van der Waals surface area contributed by atoms with Crippen molar-refractivity contribution in [2.45, 2.75) is 63.2 Å². The largest absolute Gasteiger partial charge is 0.457 e. The molecule has 6 heteroatoms. The van der Waals surface area contributed by atoms with Gasteiger partial charge in [0.2, 0.25) is 0 Å². The fourth-order valence-corrected chi connectivity index (χ4v) is 27.4. The van der Waals surface area contributed by atoms with Crippen molar-refractivity contribution in [3.05, 3.63) is 432 Å². The summed E-state index contributed by atoms with van der Waals surface area (Å²) in [6, 6.07) is 118. The van der Waals surface area contributed by atoms with Crippen LogP contribution in [0.1, 0.15) is 108 Å². The van der Waals surface area contributed by atoms with Crippen LogP contribution in [0.4, 0.5) is 34.1 Å². The van der Waals surface area contributed by atoms with Crippen LogP contribution >= 0.6 is 0 Å². The molecule has 3 aliphatic heterocycles. The third-order valence-electron chi connectivity index (χ3n) is 27.3. The van der Waals surface area contributed by atoms with Crippen LogP contribution in [-0.2, 0) is 21.7 Å². The van der Waals surface area contributed by atoms with Crippen molar-refractivity contribution in [3.63, 3.8) is 0 Å². The second kappa shape index (κ2) is 24.2. The molecular weight excluding hydrogens is 1440 g/mol. The Bertz CT molecular complexity index is 7700. The van der Waals surface area contributed by atoms with E-state index in [2.05, 4.69) is 379 Å². The van der Waals surface area contributed by atoms with Gasteiger partial charge in [-0.05, 0) is 197 Å². The number of fused-ring (bicyclic) bond motifs is 29. The Hall–Kier alpha value is -13.8. The SMILES string of the molecule is [2H]c1c([2H])c([2H])c2c(c1[2H])c1c([2H])c([2H])c([2H])c([2H])c1n2-c1cc2c3c(c1)N(c1cccc4c1-c1ccccc1C41c4ccccc4-c4ccccc41)c1cc4c(cc1B3c1ccc(-c3cc(C(C)(C)C)cc(C(C)(C)C)c3)cc1N2c1cccc2c1-c1ccccc1C21c2ccccc2-c2ccccc21)[Si](c1ccccc1)(c1ccccc1)c1ccccc1O4. The highest BCUT2D eigenvalue weighted by atomic mass is 28.3. The van der Waals surface area contributed by atoms with Crippen molar-refractivity contribution in [1.82, 2.24) is 4.57 Å². The van der Waals surface area contributed by atoms with Crippen molar-refractivity contribution >= 4 is 108 Å². The lowest BCUT2D eigenvalue weighted by Gasteiger charge is -2.47. The molecule has 556 valence electrons. The van der Waals surface area contributed by atoms with Crippen LogP contribution in [0.15, 0.2) is 376 Å². The van der Waals surface area contributed by atoms with Gasteiger partial charge in [-0.2, -0.15) is 0 Å². The zero-order chi connectivity index (χ0) is 85.4. The Balaban J connectivity index is 0.893. The first-order valence-corrected chi connectivity index (χ1v) is 43.2. The summed E-state index contributed by atoms with van der Waals surface area (Å²) in [5, 5.41) is 4.59. The topological polar surface area (TPSA) is 20.6 Å². The first kappa shape index (κ1) is 59.8. The van der Waals surface area contributed by atoms with E-state index in [0.29, 0.717) is 11.4 Å². The molecule has 118 heavy (non-hydrogen) atoms. The Morgan fingerprint density at radius 1 is 0.322 bits per heavy atom. The standard InChI is InChI=1S/C112H80BN3OSi/c1-109(2,3)71-61-70(62-72(64-71)110(4,5)6)69-59-60-92-98(63-69)115(96-55-31-51-90-106(96)82-43-17-25-49-88(82)111(90)84-45-21-13-37-76(84)77-38-14-22-46-85(77)111)100-65-73(114-94-53-27-19-41-80(94)81-42-20-28-54-95(81)114)66-101-108(100)113(92)93-67-105-103(117-102-57-29-30-58-104(102)118(105,74-33-9-7-10-34-74)75-35-11-8-12-36-75)68-99(93)116(101)97-56-32-52-91-107(97)83-44-18-26-50-89(83)112(91)86-47-23-15-39-78(86)79-40-16-24-48-87(79)112/h7-68H,1-6H3/i19D,20D,27D,28D,41D,42D,53D,54D. The van der Waals surface area contributed by atoms with E-state index in [9.17, 15) is 11.0 Å². The summed E-state index contributed by atoms with van der Waals surface area (Å²) in [4.78, 5) is 4.98. The lowest BCUT2D eigenvalue weighted by Crippen LogP contribution is -2.77. The van der Waals surface area contributed by atoms with Crippen LogP contribution in [0.5, 0.6) is 11.5 Å². The second-order valence-electron chi connectivity index (χ2n) is 35.0. The quantitative estimate of drug-likeness (QED) is 0.155. The summed E-state index contributed by atoms with van der Waals surface area (Å²) in [6.07, 6.45) is 0. The average molecular weight is 1530 g/mol. The summed E-state index contributed by atoms with van der Waals surface area (Å²) in [5.41, 5.74) is 29.1. The minimum absolute atomic E-state index is 0.0123. The number of hydrogen-bond donors (Lipinski definition) is 0. The first-order valence-electron chi connectivity index (χ1n) is 45.2. The van der Waals surface area contributed by atoms with Crippen molar-refractivity contribution in [1.29, 1.82) is 0 Å². The molecule has 4 heterocycles. The second-order valence-corrected chi connectivity index (χ2v) is 38.7. The average Bonchev–Trinajstić information content (AvgIpc) is 1.03. The van der Waals surface area contributed by atoms with Crippen molar-refractivity contribution < 1.29 is 15.7 Å². The highest BCUT2D eigenvalue weighted by molar-refractivity contribution is 7.21. The van der Waals surface area contributed by atoms with Gasteiger partial charge in [0.1, 0.15) is 11.5 Å². The third-order valence-corrected chi connectivity index (χ3v) is 32.1. The van der Waals surface area contributed by atoms with Crippen LogP contribution in [-0.4, -0.2) is 19.4 Å². The number of rotatable bonds is 6. The van der Waals surface area contributed by atoms with E-state index in [1.165, 1.54) is 66.0 Å². The molecule has 17 aromatic carbocycles. The van der Waals surface area contributed by atoms with Crippen LogP contribution in [0.3, 0.4) is 0 Å². The lowest BCUT2D eigenvalue weighted by atomic mass is 9.33. The predicted molar refractivity (Wildman–Crippen MR) is 494 cm³/mol. The van der Waals surface area contributed by atoms with Crippen LogP contribution < -0.4 is 51.7 Å². The van der Waals surface area contributed by atoms with Crippen LogP contribution in [0.25, 0.3) is 83.1 Å². The van der Waals surface area contributed by atoms with Gasteiger partial charge in [-0.1, -0.05) is 363 Å². The number of para-hydroxylation sites is 3. The number of ether oxygens (including phenoxy) is 1.